The monoisotopic (exact) mass is 354 g/mol. The average molecular weight is 354 g/mol. The van der Waals surface area contributed by atoms with Gasteiger partial charge in [-0.2, -0.15) is 0 Å². The van der Waals surface area contributed by atoms with Gasteiger partial charge in [-0.25, -0.2) is 0 Å². The molecule has 3 amide bonds. The van der Waals surface area contributed by atoms with Gasteiger partial charge in [-0.3, -0.25) is 19.3 Å². The highest BCUT2D eigenvalue weighted by molar-refractivity contribution is 6.08. The first kappa shape index (κ1) is 16.8. The Bertz CT molecular complexity index is 741. The van der Waals surface area contributed by atoms with E-state index < -0.39 is 0 Å². The summed E-state index contributed by atoms with van der Waals surface area (Å²) in [7, 11) is 0. The van der Waals surface area contributed by atoms with E-state index in [1.54, 1.807) is 0 Å². The number of rotatable bonds is 6. The van der Waals surface area contributed by atoms with Gasteiger partial charge in [0.2, 0.25) is 17.7 Å². The standard InChI is InChI=1S/C20H22N2O4/c1-12-2-6-15(7-3-12)26-9-8-21-16(23)11-22-19(24)17-13-4-5-14(10-13)18(17)20(22)25/h2-7,13-14,17-18H,8-11H2,1H3,(H,21,23). The summed E-state index contributed by atoms with van der Waals surface area (Å²) in [6.45, 7) is 2.45. The van der Waals surface area contributed by atoms with Gasteiger partial charge in [0.15, 0.2) is 0 Å². The van der Waals surface area contributed by atoms with Crippen LogP contribution in [0.1, 0.15) is 12.0 Å². The number of nitrogens with zero attached hydrogens (tertiary/aromatic N) is 1. The van der Waals surface area contributed by atoms with Crippen LogP contribution in [0, 0.1) is 30.6 Å². The molecule has 4 unspecified atom stereocenters. The predicted octanol–water partition coefficient (Wildman–Crippen LogP) is 1.30. The summed E-state index contributed by atoms with van der Waals surface area (Å²) in [4.78, 5) is 38.3. The number of ether oxygens (including phenoxy) is 1. The lowest BCUT2D eigenvalue weighted by atomic mass is 9.85. The number of allylic oxidation sites excluding steroid dienone is 2. The van der Waals surface area contributed by atoms with Crippen molar-refractivity contribution in [2.75, 3.05) is 19.7 Å². The predicted molar refractivity (Wildman–Crippen MR) is 94.1 cm³/mol. The van der Waals surface area contributed by atoms with Crippen LogP contribution < -0.4 is 10.1 Å². The van der Waals surface area contributed by atoms with Gasteiger partial charge in [0.1, 0.15) is 18.9 Å². The lowest BCUT2D eigenvalue weighted by Gasteiger charge is -2.16. The van der Waals surface area contributed by atoms with Crippen molar-refractivity contribution in [3.63, 3.8) is 0 Å². The fourth-order valence-electron chi connectivity index (χ4n) is 4.31. The molecular formula is C20H22N2O4. The second kappa shape index (κ2) is 6.59. The van der Waals surface area contributed by atoms with E-state index >= 15 is 0 Å². The van der Waals surface area contributed by atoms with Gasteiger partial charge < -0.3 is 10.1 Å². The molecule has 2 aliphatic carbocycles. The maximum absolute atomic E-state index is 12.5. The first-order valence-corrected chi connectivity index (χ1v) is 9.04. The zero-order valence-electron chi connectivity index (χ0n) is 14.7. The molecule has 0 radical (unpaired) electrons. The molecule has 2 fully saturated rings. The number of benzene rings is 1. The Kier molecular flexibility index (Phi) is 4.26. The van der Waals surface area contributed by atoms with Crippen molar-refractivity contribution in [1.82, 2.24) is 10.2 Å². The number of amides is 3. The molecule has 1 aliphatic heterocycles. The van der Waals surface area contributed by atoms with E-state index in [4.69, 9.17) is 4.74 Å². The van der Waals surface area contributed by atoms with Gasteiger partial charge in [-0.05, 0) is 37.3 Å². The summed E-state index contributed by atoms with van der Waals surface area (Å²) in [6, 6.07) is 7.66. The largest absolute Gasteiger partial charge is 0.492 e. The highest BCUT2D eigenvalue weighted by Crippen LogP contribution is 2.52. The Balaban J connectivity index is 1.24. The summed E-state index contributed by atoms with van der Waals surface area (Å²) >= 11 is 0. The van der Waals surface area contributed by atoms with E-state index in [0.717, 1.165) is 22.6 Å². The fourth-order valence-corrected chi connectivity index (χ4v) is 4.31. The van der Waals surface area contributed by atoms with Crippen molar-refractivity contribution in [1.29, 1.82) is 0 Å². The van der Waals surface area contributed by atoms with Crippen LogP contribution in [-0.4, -0.2) is 42.3 Å². The molecular weight excluding hydrogens is 332 g/mol. The summed E-state index contributed by atoms with van der Waals surface area (Å²) < 4.78 is 5.55. The second-order valence-corrected chi connectivity index (χ2v) is 7.27. The lowest BCUT2D eigenvalue weighted by molar-refractivity contribution is -0.144. The molecule has 1 saturated carbocycles. The van der Waals surface area contributed by atoms with Crippen LogP contribution in [0.2, 0.25) is 0 Å². The molecule has 1 aromatic carbocycles. The third-order valence-corrected chi connectivity index (χ3v) is 5.58. The van der Waals surface area contributed by atoms with Gasteiger partial charge in [-0.1, -0.05) is 29.8 Å². The van der Waals surface area contributed by atoms with E-state index in [2.05, 4.69) is 5.32 Å². The maximum atomic E-state index is 12.5. The normalized spacial score (nSPS) is 28.6. The third-order valence-electron chi connectivity index (χ3n) is 5.58. The molecule has 3 aliphatic rings. The van der Waals surface area contributed by atoms with Crippen LogP contribution in [0.15, 0.2) is 36.4 Å². The Hall–Kier alpha value is -2.63. The van der Waals surface area contributed by atoms with E-state index in [1.807, 2.05) is 43.3 Å². The third kappa shape index (κ3) is 2.89. The Labute approximate surface area is 152 Å². The van der Waals surface area contributed by atoms with Crippen LogP contribution >= 0.6 is 0 Å². The van der Waals surface area contributed by atoms with Crippen LogP contribution in [0.4, 0.5) is 0 Å². The van der Waals surface area contributed by atoms with Crippen molar-refractivity contribution in [3.8, 4) is 5.75 Å². The van der Waals surface area contributed by atoms with E-state index in [-0.39, 0.29) is 47.9 Å². The molecule has 136 valence electrons. The number of carbonyl (C=O) groups excluding carboxylic acids is 3. The van der Waals surface area contributed by atoms with Gasteiger partial charge >= 0.3 is 0 Å². The number of aryl methyl sites for hydroxylation is 1. The minimum atomic E-state index is -0.334. The number of nitrogens with one attached hydrogen (secondary N) is 1. The zero-order valence-corrected chi connectivity index (χ0v) is 14.7. The number of fused-ring (bicyclic) bond motifs is 5. The van der Waals surface area contributed by atoms with Gasteiger partial charge in [0.05, 0.1) is 18.4 Å². The molecule has 6 nitrogen and oxygen atoms in total. The number of likely N-dealkylation sites (tertiary alicyclic amines) is 1. The quantitative estimate of drug-likeness (QED) is 0.475. The minimum Gasteiger partial charge on any atom is -0.492 e. The highest BCUT2D eigenvalue weighted by Gasteiger charge is 2.59. The maximum Gasteiger partial charge on any atom is 0.240 e. The second-order valence-electron chi connectivity index (χ2n) is 7.27. The Morgan fingerprint density at radius 2 is 1.73 bits per heavy atom. The molecule has 1 N–H and O–H groups in total. The highest BCUT2D eigenvalue weighted by atomic mass is 16.5. The van der Waals surface area contributed by atoms with Crippen LogP contribution in [-0.2, 0) is 14.4 Å². The number of hydrogen-bond acceptors (Lipinski definition) is 4. The van der Waals surface area contributed by atoms with Crippen LogP contribution in [0.3, 0.4) is 0 Å². The molecule has 4 atom stereocenters. The number of imide groups is 1. The lowest BCUT2D eigenvalue weighted by Crippen LogP contribution is -2.42. The molecule has 1 aromatic rings. The SMILES string of the molecule is Cc1ccc(OCCNC(=O)CN2C(=O)C3C4C=CC(C4)C3C2=O)cc1. The van der Waals surface area contributed by atoms with Crippen LogP contribution in [0.25, 0.3) is 0 Å². The Morgan fingerprint density at radius 3 is 2.35 bits per heavy atom. The molecule has 26 heavy (non-hydrogen) atoms. The van der Waals surface area contributed by atoms with Crippen LogP contribution in [0.5, 0.6) is 5.75 Å². The van der Waals surface area contributed by atoms with Crippen molar-refractivity contribution in [2.45, 2.75) is 13.3 Å². The minimum absolute atomic E-state index is 0.164. The molecule has 0 spiro atoms. The number of carbonyl (C=O) groups is 3. The van der Waals surface area contributed by atoms with E-state index in [1.165, 1.54) is 0 Å². The Morgan fingerprint density at radius 1 is 1.12 bits per heavy atom. The smallest absolute Gasteiger partial charge is 0.240 e. The summed E-state index contributed by atoms with van der Waals surface area (Å²) in [6.07, 6.45) is 4.98. The van der Waals surface area contributed by atoms with Gasteiger partial charge in [-0.15, -0.1) is 0 Å². The van der Waals surface area contributed by atoms with E-state index in [0.29, 0.717) is 13.2 Å². The van der Waals surface area contributed by atoms with Crippen molar-refractivity contribution in [3.05, 3.63) is 42.0 Å². The zero-order chi connectivity index (χ0) is 18.3. The first-order valence-electron chi connectivity index (χ1n) is 9.04. The molecule has 2 bridgehead atoms. The summed E-state index contributed by atoms with van der Waals surface area (Å²) in [5.74, 6) is -0.156. The average Bonchev–Trinajstić information content (AvgIpc) is 3.30. The topological polar surface area (TPSA) is 75.7 Å². The molecule has 6 heteroatoms. The molecule has 1 saturated heterocycles. The van der Waals surface area contributed by atoms with E-state index in [9.17, 15) is 14.4 Å². The summed E-state index contributed by atoms with van der Waals surface area (Å²) in [5.41, 5.74) is 1.15. The van der Waals surface area contributed by atoms with Gasteiger partial charge in [0.25, 0.3) is 0 Å². The van der Waals surface area contributed by atoms with Gasteiger partial charge in [0, 0.05) is 0 Å². The first-order chi connectivity index (χ1) is 12.5. The van der Waals surface area contributed by atoms with Crippen molar-refractivity contribution >= 4 is 17.7 Å². The van der Waals surface area contributed by atoms with Crippen molar-refractivity contribution < 1.29 is 19.1 Å². The summed E-state index contributed by atoms with van der Waals surface area (Å²) in [5, 5.41) is 2.71. The fraction of sp³-hybridized carbons (Fsp3) is 0.450. The molecule has 1 heterocycles. The number of hydrogen-bond donors (Lipinski definition) is 1. The molecule has 0 aromatic heterocycles. The molecule has 4 rings (SSSR count). The van der Waals surface area contributed by atoms with Crippen molar-refractivity contribution in [2.24, 2.45) is 23.7 Å².